The molecule has 0 bridgehead atoms. The number of allylic oxidation sites excluding steroid dienone is 1. The van der Waals surface area contributed by atoms with Crippen LogP contribution in [0, 0.1) is 5.92 Å². The Morgan fingerprint density at radius 1 is 1.17 bits per heavy atom. The van der Waals surface area contributed by atoms with E-state index in [1.54, 1.807) is 18.2 Å². The minimum absolute atomic E-state index is 0.0423. The van der Waals surface area contributed by atoms with Crippen molar-refractivity contribution in [1.82, 2.24) is 0 Å². The van der Waals surface area contributed by atoms with Crippen LogP contribution < -0.4 is 4.74 Å². The van der Waals surface area contributed by atoms with Gasteiger partial charge in [-0.2, -0.15) is 0 Å². The molecule has 23 heavy (non-hydrogen) atoms. The van der Waals surface area contributed by atoms with Crippen LogP contribution in [0.25, 0.3) is 0 Å². The molecule has 1 aliphatic rings. The molecule has 0 aliphatic heterocycles. The van der Waals surface area contributed by atoms with E-state index in [0.717, 1.165) is 31.2 Å². The topological polar surface area (TPSA) is 46.5 Å². The van der Waals surface area contributed by atoms with Crippen LogP contribution in [0.1, 0.15) is 43.6 Å². The lowest BCUT2D eigenvalue weighted by Gasteiger charge is -2.27. The maximum Gasteiger partial charge on any atom is 0.573 e. The summed E-state index contributed by atoms with van der Waals surface area (Å²) in [6, 6.07) is 6.07. The summed E-state index contributed by atoms with van der Waals surface area (Å²) in [5.41, 5.74) is 1.02. The molecule has 0 saturated heterocycles. The van der Waals surface area contributed by atoms with E-state index in [0.29, 0.717) is 11.8 Å². The highest BCUT2D eigenvalue weighted by molar-refractivity contribution is 5.68. The maximum atomic E-state index is 12.1. The Labute approximate surface area is 132 Å². The van der Waals surface area contributed by atoms with E-state index >= 15 is 0 Å². The third-order valence-corrected chi connectivity index (χ3v) is 4.06. The summed E-state index contributed by atoms with van der Waals surface area (Å²) in [4.78, 5) is 10.5. The predicted molar refractivity (Wildman–Crippen MR) is 79.2 cm³/mol. The smallest absolute Gasteiger partial charge is 0.481 e. The van der Waals surface area contributed by atoms with Crippen LogP contribution in [0.5, 0.6) is 5.75 Å². The van der Waals surface area contributed by atoms with Gasteiger partial charge in [0, 0.05) is 0 Å². The molecule has 1 N–H and O–H groups in total. The highest BCUT2D eigenvalue weighted by Gasteiger charge is 2.31. The van der Waals surface area contributed by atoms with E-state index in [4.69, 9.17) is 5.11 Å². The Bertz CT molecular complexity index is 541. The van der Waals surface area contributed by atoms with E-state index in [2.05, 4.69) is 4.74 Å². The lowest BCUT2D eigenvalue weighted by atomic mass is 9.78. The first kappa shape index (κ1) is 17.4. The molecular formula is C17H19F3O3. The molecule has 0 atom stereocenters. The Morgan fingerprint density at radius 3 is 2.30 bits per heavy atom. The van der Waals surface area contributed by atoms with Gasteiger partial charge in [0.25, 0.3) is 0 Å². The second kappa shape index (κ2) is 7.53. The van der Waals surface area contributed by atoms with Crippen LogP contribution in [0.2, 0.25) is 0 Å². The number of halogens is 3. The van der Waals surface area contributed by atoms with Crippen LogP contribution in [0.3, 0.4) is 0 Å². The number of carbonyl (C=O) groups is 1. The molecule has 0 amide bonds. The summed E-state index contributed by atoms with van der Waals surface area (Å²) in [5, 5.41) is 8.59. The number of hydrogen-bond donors (Lipinski definition) is 1. The van der Waals surface area contributed by atoms with Gasteiger partial charge in [0.15, 0.2) is 0 Å². The molecule has 0 heterocycles. The van der Waals surface area contributed by atoms with E-state index in [9.17, 15) is 18.0 Å². The zero-order valence-corrected chi connectivity index (χ0v) is 12.6. The summed E-state index contributed by atoms with van der Waals surface area (Å²) >= 11 is 0. The van der Waals surface area contributed by atoms with E-state index in [1.807, 2.05) is 6.08 Å². The Kier molecular flexibility index (Phi) is 5.69. The molecule has 0 aromatic heterocycles. The van der Waals surface area contributed by atoms with Gasteiger partial charge in [0.2, 0.25) is 0 Å². The number of aliphatic carboxylic acids is 1. The summed E-state index contributed by atoms with van der Waals surface area (Å²) in [7, 11) is 0. The summed E-state index contributed by atoms with van der Waals surface area (Å²) < 4.78 is 40.2. The zero-order valence-electron chi connectivity index (χ0n) is 12.6. The van der Waals surface area contributed by atoms with E-state index in [1.165, 1.54) is 12.1 Å². The van der Waals surface area contributed by atoms with Crippen molar-refractivity contribution in [3.05, 3.63) is 42.0 Å². The normalized spacial score (nSPS) is 22.2. The van der Waals surface area contributed by atoms with Crippen molar-refractivity contribution in [2.75, 3.05) is 0 Å². The molecule has 1 aliphatic carbocycles. The molecule has 0 spiro atoms. The molecule has 0 unspecified atom stereocenters. The quantitative estimate of drug-likeness (QED) is 0.783. The second-order valence-electron chi connectivity index (χ2n) is 5.75. The minimum atomic E-state index is -4.66. The van der Waals surface area contributed by atoms with Crippen LogP contribution in [0.4, 0.5) is 13.2 Å². The van der Waals surface area contributed by atoms with Crippen molar-refractivity contribution in [2.24, 2.45) is 5.92 Å². The van der Waals surface area contributed by atoms with Gasteiger partial charge in [-0.1, -0.05) is 24.3 Å². The fourth-order valence-electron chi connectivity index (χ4n) is 2.95. The summed E-state index contributed by atoms with van der Waals surface area (Å²) in [6.45, 7) is 0. The van der Waals surface area contributed by atoms with Gasteiger partial charge < -0.3 is 9.84 Å². The number of carboxylic acid groups (broad SMARTS) is 1. The van der Waals surface area contributed by atoms with Gasteiger partial charge in [-0.15, -0.1) is 13.2 Å². The highest BCUT2D eigenvalue weighted by Crippen LogP contribution is 2.37. The Balaban J connectivity index is 1.85. The van der Waals surface area contributed by atoms with Crippen LogP contribution in [-0.2, 0) is 4.79 Å². The van der Waals surface area contributed by atoms with Crippen molar-refractivity contribution in [3.8, 4) is 5.75 Å². The number of alkyl halides is 3. The first-order valence-corrected chi connectivity index (χ1v) is 7.57. The molecule has 6 heteroatoms. The van der Waals surface area contributed by atoms with Gasteiger partial charge in [-0.25, -0.2) is 0 Å². The fourth-order valence-corrected chi connectivity index (χ4v) is 2.95. The van der Waals surface area contributed by atoms with Crippen molar-refractivity contribution >= 4 is 5.97 Å². The number of ether oxygens (including phenoxy) is 1. The average Bonchev–Trinajstić information content (AvgIpc) is 2.47. The zero-order chi connectivity index (χ0) is 16.9. The van der Waals surface area contributed by atoms with Crippen LogP contribution in [0.15, 0.2) is 36.4 Å². The van der Waals surface area contributed by atoms with E-state index in [-0.39, 0.29) is 12.2 Å². The molecule has 3 nitrogen and oxygen atoms in total. The molecule has 2 rings (SSSR count). The Hall–Kier alpha value is -1.98. The molecule has 126 valence electrons. The third kappa shape index (κ3) is 5.96. The molecule has 1 aromatic carbocycles. The van der Waals surface area contributed by atoms with Crippen molar-refractivity contribution in [3.63, 3.8) is 0 Å². The van der Waals surface area contributed by atoms with Crippen LogP contribution in [-0.4, -0.2) is 17.4 Å². The van der Waals surface area contributed by atoms with E-state index < -0.39 is 12.3 Å². The highest BCUT2D eigenvalue weighted by atomic mass is 19.4. The average molecular weight is 328 g/mol. The first-order chi connectivity index (χ1) is 10.8. The molecule has 1 aromatic rings. The number of benzene rings is 1. The van der Waals surface area contributed by atoms with Gasteiger partial charge in [-0.3, -0.25) is 4.79 Å². The first-order valence-electron chi connectivity index (χ1n) is 7.57. The third-order valence-electron chi connectivity index (χ3n) is 4.06. The minimum Gasteiger partial charge on any atom is -0.481 e. The van der Waals surface area contributed by atoms with Crippen LogP contribution >= 0.6 is 0 Å². The monoisotopic (exact) mass is 328 g/mol. The van der Waals surface area contributed by atoms with Crippen molar-refractivity contribution < 1.29 is 27.8 Å². The number of rotatable bonds is 5. The predicted octanol–water partition coefficient (Wildman–Crippen LogP) is 4.89. The molecule has 1 fully saturated rings. The number of carboxylic acids is 1. The second-order valence-corrected chi connectivity index (χ2v) is 5.75. The number of hydrogen-bond acceptors (Lipinski definition) is 2. The molecular weight excluding hydrogens is 309 g/mol. The van der Waals surface area contributed by atoms with Gasteiger partial charge >= 0.3 is 12.3 Å². The van der Waals surface area contributed by atoms with Gasteiger partial charge in [0.05, 0.1) is 6.42 Å². The summed E-state index contributed by atoms with van der Waals surface area (Å²) in [6.07, 6.45) is 2.84. The molecule has 1 saturated carbocycles. The fraction of sp³-hybridized carbons (Fsp3) is 0.471. The van der Waals surface area contributed by atoms with Gasteiger partial charge in [-0.05, 0) is 55.2 Å². The molecule has 0 radical (unpaired) electrons. The largest absolute Gasteiger partial charge is 0.573 e. The van der Waals surface area contributed by atoms with Crippen molar-refractivity contribution in [2.45, 2.75) is 44.4 Å². The standard InChI is InChI=1S/C17H19F3O3/c18-17(19,20)23-15-10-8-14(9-11-15)13-6-4-12(5-7-13)2-1-3-16(21)22/h1-2,8-13H,3-7H2,(H,21,22)/t12-,13-. The van der Waals surface area contributed by atoms with Crippen molar-refractivity contribution in [1.29, 1.82) is 0 Å². The SMILES string of the molecule is O=C(O)CC=C[C@H]1CC[C@H](c2ccc(OC(F)(F)F)cc2)CC1. The maximum absolute atomic E-state index is 12.1. The lowest BCUT2D eigenvalue weighted by molar-refractivity contribution is -0.274. The Morgan fingerprint density at radius 2 is 1.78 bits per heavy atom. The summed E-state index contributed by atoms with van der Waals surface area (Å²) in [5.74, 6) is -0.319. The lowest BCUT2D eigenvalue weighted by Crippen LogP contribution is -2.17. The van der Waals surface area contributed by atoms with Gasteiger partial charge in [0.1, 0.15) is 5.75 Å².